The van der Waals surface area contributed by atoms with Crippen LogP contribution in [0.3, 0.4) is 0 Å². The number of anilines is 1. The van der Waals surface area contributed by atoms with Crippen LogP contribution in [0, 0.1) is 6.92 Å². The molecule has 1 aromatic heterocycles. The Labute approximate surface area is 121 Å². The van der Waals surface area contributed by atoms with Crippen LogP contribution in [-0.2, 0) is 11.3 Å². The molecular weight excluding hydrogens is 278 g/mol. The van der Waals surface area contributed by atoms with E-state index in [0.717, 1.165) is 5.69 Å². The number of carbonyl (C=O) groups is 1. The number of rotatable bonds is 4. The minimum Gasteiger partial charge on any atom is -0.325 e. The molecule has 0 radical (unpaired) electrons. The lowest BCUT2D eigenvalue weighted by molar-refractivity contribution is -0.119. The van der Waals surface area contributed by atoms with Crippen molar-refractivity contribution in [3.05, 3.63) is 40.7 Å². The molecular formula is C13H16ClN5O. The summed E-state index contributed by atoms with van der Waals surface area (Å²) < 4.78 is 1.56. The van der Waals surface area contributed by atoms with E-state index in [1.165, 1.54) is 0 Å². The molecule has 0 aliphatic carbocycles. The smallest absolute Gasteiger partial charge is 0.249 e. The van der Waals surface area contributed by atoms with E-state index in [2.05, 4.69) is 15.6 Å². The van der Waals surface area contributed by atoms with Gasteiger partial charge in [0, 0.05) is 17.3 Å². The molecule has 0 bridgehead atoms. The molecule has 1 unspecified atom stereocenters. The quantitative estimate of drug-likeness (QED) is 0.901. The fourth-order valence-electron chi connectivity index (χ4n) is 1.82. The average Bonchev–Trinajstić information content (AvgIpc) is 2.81. The third-order valence-electron chi connectivity index (χ3n) is 3.07. The maximum atomic E-state index is 12.2. The predicted molar refractivity (Wildman–Crippen MR) is 77.4 cm³/mol. The lowest BCUT2D eigenvalue weighted by atomic mass is 10.2. The highest BCUT2D eigenvalue weighted by molar-refractivity contribution is 6.30. The number of aromatic nitrogens is 3. The largest absolute Gasteiger partial charge is 0.325 e. The van der Waals surface area contributed by atoms with Gasteiger partial charge in [0.05, 0.1) is 11.4 Å². The SMILES string of the molecule is Cc1c(CN)nnn1C(C)C(=O)Nc1ccc(Cl)cc1. The summed E-state index contributed by atoms with van der Waals surface area (Å²) in [5.74, 6) is -0.177. The number of carbonyl (C=O) groups excluding carboxylic acids is 1. The number of hydrogen-bond acceptors (Lipinski definition) is 4. The van der Waals surface area contributed by atoms with Crippen LogP contribution in [0.5, 0.6) is 0 Å². The van der Waals surface area contributed by atoms with Crippen LogP contribution >= 0.6 is 11.6 Å². The summed E-state index contributed by atoms with van der Waals surface area (Å²) >= 11 is 5.80. The Hall–Kier alpha value is -1.92. The van der Waals surface area contributed by atoms with Gasteiger partial charge >= 0.3 is 0 Å². The summed E-state index contributed by atoms with van der Waals surface area (Å²) in [7, 11) is 0. The van der Waals surface area contributed by atoms with Gasteiger partial charge in [0.2, 0.25) is 5.91 Å². The lowest BCUT2D eigenvalue weighted by Crippen LogP contribution is -2.25. The number of nitrogens with zero attached hydrogens (tertiary/aromatic N) is 3. The second-order valence-electron chi connectivity index (χ2n) is 4.44. The predicted octanol–water partition coefficient (Wildman–Crippen LogP) is 1.90. The zero-order valence-corrected chi connectivity index (χ0v) is 12.1. The topological polar surface area (TPSA) is 85.8 Å². The molecule has 2 rings (SSSR count). The van der Waals surface area contributed by atoms with Gasteiger partial charge in [0.25, 0.3) is 0 Å². The van der Waals surface area contributed by atoms with E-state index in [-0.39, 0.29) is 5.91 Å². The Bertz CT molecular complexity index is 608. The molecule has 0 saturated heterocycles. The van der Waals surface area contributed by atoms with Crippen molar-refractivity contribution in [2.45, 2.75) is 26.4 Å². The molecule has 6 nitrogen and oxygen atoms in total. The van der Waals surface area contributed by atoms with Gasteiger partial charge in [-0.05, 0) is 38.1 Å². The molecule has 3 N–H and O–H groups in total. The molecule has 0 saturated carbocycles. The molecule has 106 valence electrons. The first-order valence-corrected chi connectivity index (χ1v) is 6.58. The highest BCUT2D eigenvalue weighted by Gasteiger charge is 2.19. The van der Waals surface area contributed by atoms with Gasteiger partial charge in [-0.2, -0.15) is 0 Å². The van der Waals surface area contributed by atoms with Gasteiger partial charge in [-0.3, -0.25) is 4.79 Å². The maximum absolute atomic E-state index is 12.2. The van der Waals surface area contributed by atoms with Crippen LogP contribution in [0.2, 0.25) is 5.02 Å². The molecule has 2 aromatic rings. The Balaban J connectivity index is 2.12. The maximum Gasteiger partial charge on any atom is 0.249 e. The molecule has 0 aliphatic heterocycles. The minimum absolute atomic E-state index is 0.177. The first kappa shape index (κ1) is 14.5. The van der Waals surface area contributed by atoms with E-state index in [4.69, 9.17) is 17.3 Å². The third-order valence-corrected chi connectivity index (χ3v) is 3.33. The molecule has 20 heavy (non-hydrogen) atoms. The average molecular weight is 294 g/mol. The monoisotopic (exact) mass is 293 g/mol. The number of nitrogens with two attached hydrogens (primary N) is 1. The van der Waals surface area contributed by atoms with Crippen LogP contribution < -0.4 is 11.1 Å². The van der Waals surface area contributed by atoms with E-state index in [9.17, 15) is 4.79 Å². The van der Waals surface area contributed by atoms with Crippen LogP contribution in [-0.4, -0.2) is 20.9 Å². The second-order valence-corrected chi connectivity index (χ2v) is 4.88. The fraction of sp³-hybridized carbons (Fsp3) is 0.308. The molecule has 0 aliphatic rings. The Morgan fingerprint density at radius 1 is 1.45 bits per heavy atom. The second kappa shape index (κ2) is 6.02. The van der Waals surface area contributed by atoms with Gasteiger partial charge in [0.15, 0.2) is 0 Å². The van der Waals surface area contributed by atoms with Gasteiger partial charge in [-0.1, -0.05) is 16.8 Å². The zero-order chi connectivity index (χ0) is 14.7. The van der Waals surface area contributed by atoms with Crippen molar-refractivity contribution in [3.63, 3.8) is 0 Å². The van der Waals surface area contributed by atoms with E-state index in [1.54, 1.807) is 35.9 Å². The molecule has 0 spiro atoms. The van der Waals surface area contributed by atoms with Gasteiger partial charge in [-0.15, -0.1) is 5.10 Å². The summed E-state index contributed by atoms with van der Waals surface area (Å²) in [6, 6.07) is 6.45. The highest BCUT2D eigenvalue weighted by atomic mass is 35.5. The van der Waals surface area contributed by atoms with Crippen LogP contribution in [0.1, 0.15) is 24.4 Å². The number of hydrogen-bond donors (Lipinski definition) is 2. The van der Waals surface area contributed by atoms with Crippen LogP contribution in [0.4, 0.5) is 5.69 Å². The van der Waals surface area contributed by atoms with Gasteiger partial charge in [0.1, 0.15) is 6.04 Å². The minimum atomic E-state index is -0.474. The Kier molecular flexibility index (Phi) is 4.36. The first-order valence-electron chi connectivity index (χ1n) is 6.20. The molecule has 1 aromatic carbocycles. The summed E-state index contributed by atoms with van der Waals surface area (Å²) in [5, 5.41) is 11.3. The van der Waals surface area contributed by atoms with Crippen molar-refractivity contribution in [3.8, 4) is 0 Å². The third kappa shape index (κ3) is 2.97. The zero-order valence-electron chi connectivity index (χ0n) is 11.3. The summed E-state index contributed by atoms with van der Waals surface area (Å²) in [6.45, 7) is 3.90. The first-order chi connectivity index (χ1) is 9.52. The standard InChI is InChI=1S/C13H16ClN5O/c1-8-12(7-15)17-18-19(8)9(2)13(20)16-11-5-3-10(14)4-6-11/h3-6,9H,7,15H2,1-2H3,(H,16,20). The molecule has 1 amide bonds. The van der Waals surface area contributed by atoms with Gasteiger partial charge in [-0.25, -0.2) is 4.68 Å². The van der Waals surface area contributed by atoms with Gasteiger partial charge < -0.3 is 11.1 Å². The summed E-state index contributed by atoms with van der Waals surface area (Å²) in [4.78, 5) is 12.2. The molecule has 1 heterocycles. The molecule has 1 atom stereocenters. The van der Waals surface area contributed by atoms with Crippen molar-refractivity contribution in [1.29, 1.82) is 0 Å². The highest BCUT2D eigenvalue weighted by Crippen LogP contribution is 2.16. The molecule has 0 fully saturated rings. The van der Waals surface area contributed by atoms with E-state index >= 15 is 0 Å². The molecule has 7 heteroatoms. The van der Waals surface area contributed by atoms with Crippen molar-refractivity contribution < 1.29 is 4.79 Å². The normalized spacial score (nSPS) is 12.2. The van der Waals surface area contributed by atoms with E-state index in [1.807, 2.05) is 6.92 Å². The Morgan fingerprint density at radius 2 is 2.10 bits per heavy atom. The Morgan fingerprint density at radius 3 is 2.65 bits per heavy atom. The van der Waals surface area contributed by atoms with Crippen molar-refractivity contribution in [2.75, 3.05) is 5.32 Å². The van der Waals surface area contributed by atoms with Crippen LogP contribution in [0.25, 0.3) is 0 Å². The van der Waals surface area contributed by atoms with Crippen molar-refractivity contribution in [1.82, 2.24) is 15.0 Å². The van der Waals surface area contributed by atoms with Crippen LogP contribution in [0.15, 0.2) is 24.3 Å². The summed E-state index contributed by atoms with van der Waals surface area (Å²) in [5.41, 5.74) is 7.72. The van der Waals surface area contributed by atoms with E-state index in [0.29, 0.717) is 22.9 Å². The summed E-state index contributed by atoms with van der Waals surface area (Å²) in [6.07, 6.45) is 0. The lowest BCUT2D eigenvalue weighted by Gasteiger charge is -2.13. The van der Waals surface area contributed by atoms with Crippen molar-refractivity contribution in [2.24, 2.45) is 5.73 Å². The number of nitrogens with one attached hydrogen (secondary N) is 1. The number of benzene rings is 1. The number of halogens is 1. The number of amides is 1. The van der Waals surface area contributed by atoms with Crippen molar-refractivity contribution >= 4 is 23.2 Å². The fourth-order valence-corrected chi connectivity index (χ4v) is 1.95. The van der Waals surface area contributed by atoms with E-state index < -0.39 is 6.04 Å².